The van der Waals surface area contributed by atoms with E-state index in [0.29, 0.717) is 0 Å². The lowest BCUT2D eigenvalue weighted by molar-refractivity contribution is 0.414. The van der Waals surface area contributed by atoms with Crippen LogP contribution in [0.1, 0.15) is 28.2 Å². The number of aryl methyl sites for hydroxylation is 1. The van der Waals surface area contributed by atoms with E-state index < -0.39 is 0 Å². The summed E-state index contributed by atoms with van der Waals surface area (Å²) in [4.78, 5) is 0. The topological polar surface area (TPSA) is 18.5 Å². The van der Waals surface area contributed by atoms with Gasteiger partial charge in [0.2, 0.25) is 0 Å². The second-order valence-electron chi connectivity index (χ2n) is 7.47. The Bertz CT molecular complexity index is 1030. The zero-order valence-electron chi connectivity index (χ0n) is 17.6. The molecule has 4 rings (SSSR count). The van der Waals surface area contributed by atoms with E-state index in [2.05, 4.69) is 79.7 Å². The van der Waals surface area contributed by atoms with E-state index in [0.717, 1.165) is 11.5 Å². The highest BCUT2D eigenvalue weighted by atomic mass is 16.5. The third-order valence-corrected chi connectivity index (χ3v) is 5.53. The third kappa shape index (κ3) is 4.23. The van der Waals surface area contributed by atoms with E-state index in [1.54, 1.807) is 14.2 Å². The maximum atomic E-state index is 5.35. The Hall–Kier alpha value is -3.52. The molecule has 0 aromatic heterocycles. The lowest BCUT2D eigenvalue weighted by Crippen LogP contribution is -2.03. The minimum absolute atomic E-state index is 0.133. The molecule has 0 heterocycles. The standard InChI is InChI=1S/C28H26O2/c1-20-4-6-21(7-5-20)22-8-10-23(11-9-22)28(24-12-16-26(29-2)17-13-24)25-14-18-27(30-3)19-15-25/h4-19,28H,1-3H3. The minimum Gasteiger partial charge on any atom is -0.497 e. The van der Waals surface area contributed by atoms with E-state index in [4.69, 9.17) is 9.47 Å². The predicted octanol–water partition coefficient (Wildman–Crippen LogP) is 6.86. The van der Waals surface area contributed by atoms with Gasteiger partial charge in [-0.15, -0.1) is 0 Å². The van der Waals surface area contributed by atoms with Crippen LogP contribution in [-0.4, -0.2) is 14.2 Å². The first-order chi connectivity index (χ1) is 14.7. The fourth-order valence-electron chi connectivity index (χ4n) is 3.78. The van der Waals surface area contributed by atoms with Gasteiger partial charge in [-0.1, -0.05) is 78.4 Å². The van der Waals surface area contributed by atoms with Crippen LogP contribution in [0.25, 0.3) is 11.1 Å². The number of benzene rings is 4. The summed E-state index contributed by atoms with van der Waals surface area (Å²) in [7, 11) is 3.39. The highest BCUT2D eigenvalue weighted by Gasteiger charge is 2.17. The van der Waals surface area contributed by atoms with Gasteiger partial charge >= 0.3 is 0 Å². The molecule has 2 nitrogen and oxygen atoms in total. The van der Waals surface area contributed by atoms with Gasteiger partial charge in [-0.3, -0.25) is 0 Å². The van der Waals surface area contributed by atoms with Gasteiger partial charge < -0.3 is 9.47 Å². The lowest BCUT2D eigenvalue weighted by Gasteiger charge is -2.20. The molecule has 2 heteroatoms. The number of hydrogen-bond donors (Lipinski definition) is 0. The summed E-state index contributed by atoms with van der Waals surface area (Å²) in [5, 5.41) is 0. The summed E-state index contributed by atoms with van der Waals surface area (Å²) < 4.78 is 10.7. The van der Waals surface area contributed by atoms with Crippen molar-refractivity contribution in [3.63, 3.8) is 0 Å². The van der Waals surface area contributed by atoms with Gasteiger partial charge in [0.05, 0.1) is 14.2 Å². The molecule has 0 unspecified atom stereocenters. The molecule has 0 aliphatic rings. The summed E-state index contributed by atoms with van der Waals surface area (Å²) >= 11 is 0. The van der Waals surface area contributed by atoms with Gasteiger partial charge in [-0.25, -0.2) is 0 Å². The van der Waals surface area contributed by atoms with E-state index in [1.165, 1.54) is 33.4 Å². The van der Waals surface area contributed by atoms with E-state index in [-0.39, 0.29) is 5.92 Å². The Kier molecular flexibility index (Phi) is 5.85. The van der Waals surface area contributed by atoms with E-state index in [9.17, 15) is 0 Å². The fourth-order valence-corrected chi connectivity index (χ4v) is 3.78. The summed E-state index contributed by atoms with van der Waals surface area (Å²) in [6.45, 7) is 2.11. The molecular weight excluding hydrogens is 368 g/mol. The number of rotatable bonds is 6. The van der Waals surface area contributed by atoms with Crippen molar-refractivity contribution >= 4 is 0 Å². The molecule has 0 radical (unpaired) electrons. The number of methoxy groups -OCH3 is 2. The molecule has 4 aromatic carbocycles. The van der Waals surface area contributed by atoms with Crippen molar-refractivity contribution in [3.05, 3.63) is 119 Å². The smallest absolute Gasteiger partial charge is 0.118 e. The molecule has 0 saturated carbocycles. The SMILES string of the molecule is COc1ccc(C(c2ccc(OC)cc2)c2ccc(-c3ccc(C)cc3)cc2)cc1. The molecule has 0 fully saturated rings. The van der Waals surface area contributed by atoms with Crippen LogP contribution >= 0.6 is 0 Å². The van der Waals surface area contributed by atoms with Crippen LogP contribution in [0.2, 0.25) is 0 Å². The molecule has 0 atom stereocenters. The zero-order valence-corrected chi connectivity index (χ0v) is 17.6. The van der Waals surface area contributed by atoms with Crippen LogP contribution in [0.5, 0.6) is 11.5 Å². The summed E-state index contributed by atoms with van der Waals surface area (Å²) in [6.07, 6.45) is 0. The second kappa shape index (κ2) is 8.87. The predicted molar refractivity (Wildman–Crippen MR) is 124 cm³/mol. The van der Waals surface area contributed by atoms with Gasteiger partial charge in [-0.2, -0.15) is 0 Å². The normalized spacial score (nSPS) is 10.8. The molecule has 0 aliphatic heterocycles. The molecule has 0 saturated heterocycles. The monoisotopic (exact) mass is 394 g/mol. The van der Waals surface area contributed by atoms with Gasteiger partial charge in [0, 0.05) is 5.92 Å². The quantitative estimate of drug-likeness (QED) is 0.333. The maximum absolute atomic E-state index is 5.35. The Morgan fingerprint density at radius 1 is 0.467 bits per heavy atom. The second-order valence-corrected chi connectivity index (χ2v) is 7.47. The highest BCUT2D eigenvalue weighted by molar-refractivity contribution is 5.64. The maximum Gasteiger partial charge on any atom is 0.118 e. The molecule has 150 valence electrons. The van der Waals surface area contributed by atoms with Crippen molar-refractivity contribution in [2.45, 2.75) is 12.8 Å². The first kappa shape index (κ1) is 19.8. The van der Waals surface area contributed by atoms with Gasteiger partial charge in [0.25, 0.3) is 0 Å². The molecule has 0 amide bonds. The fraction of sp³-hybridized carbons (Fsp3) is 0.143. The van der Waals surface area contributed by atoms with Crippen molar-refractivity contribution in [1.29, 1.82) is 0 Å². The van der Waals surface area contributed by atoms with Crippen molar-refractivity contribution in [2.24, 2.45) is 0 Å². The number of ether oxygens (including phenoxy) is 2. The van der Waals surface area contributed by atoms with E-state index in [1.807, 2.05) is 24.3 Å². The third-order valence-electron chi connectivity index (χ3n) is 5.53. The Balaban J connectivity index is 1.73. The van der Waals surface area contributed by atoms with Crippen molar-refractivity contribution in [1.82, 2.24) is 0 Å². The number of hydrogen-bond acceptors (Lipinski definition) is 2. The highest BCUT2D eigenvalue weighted by Crippen LogP contribution is 2.34. The van der Waals surface area contributed by atoms with Crippen LogP contribution in [-0.2, 0) is 0 Å². The Morgan fingerprint density at radius 2 is 0.800 bits per heavy atom. The Labute approximate surface area is 178 Å². The average Bonchev–Trinajstić information content (AvgIpc) is 2.81. The van der Waals surface area contributed by atoms with Crippen LogP contribution in [0.3, 0.4) is 0 Å². The molecule has 0 aliphatic carbocycles. The molecular formula is C28H26O2. The van der Waals surface area contributed by atoms with Crippen LogP contribution in [0.4, 0.5) is 0 Å². The van der Waals surface area contributed by atoms with Crippen LogP contribution in [0.15, 0.2) is 97.1 Å². The summed E-state index contributed by atoms with van der Waals surface area (Å²) in [5.74, 6) is 1.86. The minimum atomic E-state index is 0.133. The molecule has 4 aromatic rings. The lowest BCUT2D eigenvalue weighted by atomic mass is 9.84. The summed E-state index contributed by atoms with van der Waals surface area (Å²) in [6, 6.07) is 34.2. The largest absolute Gasteiger partial charge is 0.497 e. The average molecular weight is 395 g/mol. The molecule has 30 heavy (non-hydrogen) atoms. The van der Waals surface area contributed by atoms with Crippen LogP contribution in [0, 0.1) is 6.92 Å². The van der Waals surface area contributed by atoms with E-state index >= 15 is 0 Å². The molecule has 0 spiro atoms. The first-order valence-electron chi connectivity index (χ1n) is 10.1. The molecule has 0 N–H and O–H groups in total. The van der Waals surface area contributed by atoms with Crippen molar-refractivity contribution < 1.29 is 9.47 Å². The summed E-state index contributed by atoms with van der Waals surface area (Å²) in [5.41, 5.74) is 7.43. The van der Waals surface area contributed by atoms with Crippen molar-refractivity contribution in [3.8, 4) is 22.6 Å². The molecule has 0 bridgehead atoms. The van der Waals surface area contributed by atoms with Crippen LogP contribution < -0.4 is 9.47 Å². The first-order valence-corrected chi connectivity index (χ1v) is 10.1. The van der Waals surface area contributed by atoms with Gasteiger partial charge in [0.1, 0.15) is 11.5 Å². The Morgan fingerprint density at radius 3 is 1.17 bits per heavy atom. The van der Waals surface area contributed by atoms with Gasteiger partial charge in [-0.05, 0) is 59.0 Å². The zero-order chi connectivity index (χ0) is 20.9. The van der Waals surface area contributed by atoms with Crippen molar-refractivity contribution in [2.75, 3.05) is 14.2 Å². The van der Waals surface area contributed by atoms with Gasteiger partial charge in [0.15, 0.2) is 0 Å².